The van der Waals surface area contributed by atoms with Gasteiger partial charge in [0.15, 0.2) is 0 Å². The average molecular weight is 488 g/mol. The molecule has 1 heterocycles. The van der Waals surface area contributed by atoms with Crippen LogP contribution in [0.15, 0.2) is 60.7 Å². The number of methoxy groups -OCH3 is 2. The summed E-state index contributed by atoms with van der Waals surface area (Å²) in [5.74, 6) is 0.429. The van der Waals surface area contributed by atoms with E-state index in [9.17, 15) is 9.59 Å². The Morgan fingerprint density at radius 2 is 1.91 bits per heavy atom. The maximum atomic E-state index is 11.5. The molecule has 1 fully saturated rings. The van der Waals surface area contributed by atoms with Crippen molar-refractivity contribution in [3.8, 4) is 5.75 Å². The zero-order chi connectivity index (χ0) is 24.9. The van der Waals surface area contributed by atoms with Crippen molar-refractivity contribution in [1.29, 1.82) is 0 Å². The van der Waals surface area contributed by atoms with Crippen molar-refractivity contribution in [3.05, 3.63) is 76.8 Å². The number of esters is 1. The lowest BCUT2D eigenvalue weighted by Crippen LogP contribution is -2.28. The molecule has 2 aromatic carbocycles. The number of benzene rings is 2. The van der Waals surface area contributed by atoms with Gasteiger partial charge in [0.1, 0.15) is 18.4 Å². The zero-order valence-corrected chi connectivity index (χ0v) is 21.0. The van der Waals surface area contributed by atoms with Gasteiger partial charge in [-0.1, -0.05) is 67.9 Å². The van der Waals surface area contributed by atoms with E-state index in [4.69, 9.17) is 21.1 Å². The molecule has 1 saturated heterocycles. The summed E-state index contributed by atoms with van der Waals surface area (Å²) in [5, 5.41) is 3.15. The Hall–Kier alpha value is -2.83. The van der Waals surface area contributed by atoms with Crippen LogP contribution in [0, 0.1) is 5.92 Å². The molecule has 3 atom stereocenters. The predicted octanol–water partition coefficient (Wildman–Crippen LogP) is 5.30. The molecule has 0 spiro atoms. The number of nitrogens with one attached hydrogen (secondary N) is 1. The molecular formula is C27H34ClNO5. The van der Waals surface area contributed by atoms with Crippen molar-refractivity contribution < 1.29 is 23.8 Å². The second-order valence-corrected chi connectivity index (χ2v) is 8.41. The molecule has 0 aliphatic carbocycles. The fraction of sp³-hybridized carbons (Fsp3) is 0.407. The molecule has 1 aliphatic heterocycles. The van der Waals surface area contributed by atoms with Gasteiger partial charge in [-0.15, -0.1) is 0 Å². The molecule has 2 aromatic rings. The van der Waals surface area contributed by atoms with E-state index in [-0.39, 0.29) is 24.7 Å². The number of hydrogen-bond donors (Lipinski definition) is 1. The molecule has 7 heteroatoms. The van der Waals surface area contributed by atoms with Crippen LogP contribution >= 0.6 is 11.6 Å². The highest BCUT2D eigenvalue weighted by Gasteiger charge is 2.43. The summed E-state index contributed by atoms with van der Waals surface area (Å²) in [6.07, 6.45) is 6.51. The smallest absolute Gasteiger partial charge is 0.325 e. The summed E-state index contributed by atoms with van der Waals surface area (Å²) in [4.78, 5) is 22.4. The van der Waals surface area contributed by atoms with E-state index in [0.29, 0.717) is 10.9 Å². The first-order chi connectivity index (χ1) is 16.4. The Balaban J connectivity index is 0.000000310. The maximum Gasteiger partial charge on any atom is 0.325 e. The number of hydrogen-bond acceptors (Lipinski definition) is 5. The molecule has 0 saturated carbocycles. The first kappa shape index (κ1) is 27.4. The van der Waals surface area contributed by atoms with E-state index in [0.717, 1.165) is 25.0 Å². The van der Waals surface area contributed by atoms with Gasteiger partial charge in [-0.2, -0.15) is 0 Å². The number of carbonyl (C=O) groups excluding carboxylic acids is 2. The van der Waals surface area contributed by atoms with E-state index in [1.807, 2.05) is 42.5 Å². The first-order valence-electron chi connectivity index (χ1n) is 11.4. The quantitative estimate of drug-likeness (QED) is 0.279. The Kier molecular flexibility index (Phi) is 11.6. The molecule has 0 aromatic heterocycles. The fourth-order valence-corrected chi connectivity index (χ4v) is 3.68. The highest BCUT2D eigenvalue weighted by Crippen LogP contribution is 2.44. The van der Waals surface area contributed by atoms with E-state index in [1.54, 1.807) is 7.11 Å². The van der Waals surface area contributed by atoms with Gasteiger partial charge in [-0.05, 0) is 54.5 Å². The van der Waals surface area contributed by atoms with Crippen LogP contribution in [0.2, 0.25) is 5.02 Å². The first-order valence-corrected chi connectivity index (χ1v) is 11.8. The van der Waals surface area contributed by atoms with Crippen LogP contribution in [0.1, 0.15) is 43.9 Å². The lowest BCUT2D eigenvalue weighted by atomic mass is 9.97. The van der Waals surface area contributed by atoms with E-state index < -0.39 is 5.97 Å². The summed E-state index contributed by atoms with van der Waals surface area (Å²) in [6.45, 7) is 4.15. The minimum absolute atomic E-state index is 0.106. The van der Waals surface area contributed by atoms with Crippen LogP contribution in [0.5, 0.6) is 5.75 Å². The second-order valence-electron chi connectivity index (χ2n) is 8.01. The summed E-state index contributed by atoms with van der Waals surface area (Å²) in [5.41, 5.74) is 2.46. The third-order valence-electron chi connectivity index (χ3n) is 5.53. The number of rotatable bonds is 10. The van der Waals surface area contributed by atoms with Crippen molar-refractivity contribution in [2.75, 3.05) is 20.8 Å². The van der Waals surface area contributed by atoms with Crippen LogP contribution in [0.4, 0.5) is 0 Å². The molecule has 1 aliphatic rings. The Morgan fingerprint density at radius 3 is 2.53 bits per heavy atom. The van der Waals surface area contributed by atoms with E-state index in [2.05, 4.69) is 36.0 Å². The average Bonchev–Trinajstić information content (AvgIpc) is 3.67. The summed E-state index contributed by atoms with van der Waals surface area (Å²) in [6, 6.07) is 16.1. The van der Waals surface area contributed by atoms with Crippen molar-refractivity contribution in [3.63, 3.8) is 0 Å². The van der Waals surface area contributed by atoms with Gasteiger partial charge in [0.05, 0.1) is 25.3 Å². The van der Waals surface area contributed by atoms with Crippen LogP contribution in [0.25, 0.3) is 0 Å². The Labute approximate surface area is 207 Å². The number of aryl methyl sites for hydroxylation is 1. The minimum Gasteiger partial charge on any atom is -0.495 e. The van der Waals surface area contributed by atoms with E-state index in [1.165, 1.54) is 24.3 Å². The van der Waals surface area contributed by atoms with Gasteiger partial charge in [0.2, 0.25) is 5.91 Å². The predicted molar refractivity (Wildman–Crippen MR) is 134 cm³/mol. The highest BCUT2D eigenvalue weighted by molar-refractivity contribution is 6.32. The third kappa shape index (κ3) is 9.20. The normalized spacial score (nSPS) is 17.3. The molecular weight excluding hydrogens is 454 g/mol. The van der Waals surface area contributed by atoms with Gasteiger partial charge >= 0.3 is 5.97 Å². The summed E-state index contributed by atoms with van der Waals surface area (Å²) in [7, 11) is 2.90. The Morgan fingerprint density at radius 1 is 1.18 bits per heavy atom. The van der Waals surface area contributed by atoms with Gasteiger partial charge in [-0.3, -0.25) is 9.59 Å². The summed E-state index contributed by atoms with van der Waals surface area (Å²) < 4.78 is 15.2. The lowest BCUT2D eigenvalue weighted by Gasteiger charge is -2.06. The van der Waals surface area contributed by atoms with Crippen LogP contribution in [-0.2, 0) is 25.5 Å². The maximum absolute atomic E-state index is 11.5. The van der Waals surface area contributed by atoms with E-state index >= 15 is 0 Å². The number of ether oxygens (including phenoxy) is 3. The van der Waals surface area contributed by atoms with Crippen LogP contribution in [0.3, 0.4) is 0 Å². The molecule has 3 unspecified atom stereocenters. The lowest BCUT2D eigenvalue weighted by molar-refractivity contribution is -0.140. The number of carbonyl (C=O) groups is 2. The molecule has 0 bridgehead atoms. The zero-order valence-electron chi connectivity index (χ0n) is 20.3. The van der Waals surface area contributed by atoms with Crippen molar-refractivity contribution in [1.82, 2.24) is 5.32 Å². The van der Waals surface area contributed by atoms with Crippen molar-refractivity contribution in [2.24, 2.45) is 5.92 Å². The standard InChI is InChI=1S/C18H23NO4.C9H11ClO/c1-13(17-18(23-17)14-9-4-3-5-10-14)8-6-7-11-15(20)19-12-16(21)22-2;1-3-7-4-5-9(11-2)8(10)6-7/h3-5,7,9-11,13,17-18H,6,8,12H2,1-2H3,(H,19,20);4-6H,3H2,1-2H3/b11-7+;. The van der Waals surface area contributed by atoms with Crippen molar-refractivity contribution >= 4 is 23.5 Å². The van der Waals surface area contributed by atoms with Crippen molar-refractivity contribution in [2.45, 2.75) is 45.3 Å². The van der Waals surface area contributed by atoms with Gasteiger partial charge in [0.25, 0.3) is 0 Å². The molecule has 1 amide bonds. The highest BCUT2D eigenvalue weighted by atomic mass is 35.5. The number of halogens is 1. The van der Waals surface area contributed by atoms with Crippen LogP contribution < -0.4 is 10.1 Å². The molecule has 6 nitrogen and oxygen atoms in total. The minimum atomic E-state index is -0.460. The second kappa shape index (κ2) is 14.4. The fourth-order valence-electron chi connectivity index (χ4n) is 3.40. The number of epoxide rings is 1. The molecule has 0 radical (unpaired) electrons. The molecule has 184 valence electrons. The summed E-state index contributed by atoms with van der Waals surface area (Å²) >= 11 is 5.88. The number of allylic oxidation sites excluding steroid dienone is 1. The SMILES string of the molecule is CCc1ccc(OC)c(Cl)c1.COC(=O)CNC(=O)/C=C/CCC(C)C1OC1c1ccccc1. The Bertz CT molecular complexity index is 947. The van der Waals surface area contributed by atoms with Crippen LogP contribution in [-0.4, -0.2) is 38.7 Å². The number of amides is 1. The molecule has 3 rings (SSSR count). The van der Waals surface area contributed by atoms with Gasteiger partial charge < -0.3 is 19.5 Å². The molecule has 34 heavy (non-hydrogen) atoms. The van der Waals surface area contributed by atoms with Gasteiger partial charge in [-0.25, -0.2) is 0 Å². The monoisotopic (exact) mass is 487 g/mol. The topological polar surface area (TPSA) is 77.2 Å². The third-order valence-corrected chi connectivity index (χ3v) is 5.83. The molecule has 1 N–H and O–H groups in total. The van der Waals surface area contributed by atoms with Gasteiger partial charge in [0, 0.05) is 0 Å². The largest absolute Gasteiger partial charge is 0.495 e.